The second-order valence-corrected chi connectivity index (χ2v) is 9.46. The van der Waals surface area contributed by atoms with E-state index in [9.17, 15) is 17.4 Å². The maximum atomic E-state index is 13.1. The van der Waals surface area contributed by atoms with Gasteiger partial charge in [-0.2, -0.15) is 22.8 Å². The largest absolute Gasteiger partial charge is 0.457 e. The van der Waals surface area contributed by atoms with E-state index in [4.69, 9.17) is 10.00 Å². The zero-order chi connectivity index (χ0) is 23.4. The Bertz CT molecular complexity index is 1090. The van der Waals surface area contributed by atoms with Crippen molar-refractivity contribution >= 4 is 16.8 Å². The number of aryl methyl sites for hydroxylation is 1. The Hall–Kier alpha value is -2.86. The molecule has 9 heteroatoms. The molecule has 33 heavy (non-hydrogen) atoms. The summed E-state index contributed by atoms with van der Waals surface area (Å²) in [4.78, 5) is 2.33. The maximum Gasteiger partial charge on any atom is 0.417 e. The van der Waals surface area contributed by atoms with Crippen LogP contribution in [0.25, 0.3) is 0 Å². The highest BCUT2D eigenvalue weighted by Crippen LogP contribution is 2.35. The zero-order valence-corrected chi connectivity index (χ0v) is 18.8. The zero-order valence-electron chi connectivity index (χ0n) is 18.0. The Labute approximate surface area is 193 Å². The van der Waals surface area contributed by atoms with Crippen molar-refractivity contribution in [2.75, 3.05) is 12.3 Å². The van der Waals surface area contributed by atoms with Crippen molar-refractivity contribution in [3.8, 4) is 17.6 Å². The third-order valence-electron chi connectivity index (χ3n) is 6.00. The quantitative estimate of drug-likeness (QED) is 0.544. The summed E-state index contributed by atoms with van der Waals surface area (Å²) in [5.41, 5.74) is -0.308. The molecule has 0 bridgehead atoms. The molecule has 2 unspecified atom stereocenters. The molecule has 1 fully saturated rings. The van der Waals surface area contributed by atoms with E-state index in [1.807, 2.05) is 12.1 Å². The predicted molar refractivity (Wildman–Crippen MR) is 120 cm³/mol. The number of benzene rings is 2. The first kappa shape index (κ1) is 23.3. The average molecular weight is 476 g/mol. The third-order valence-corrected chi connectivity index (χ3v) is 6.95. The van der Waals surface area contributed by atoms with E-state index < -0.39 is 28.3 Å². The topological polar surface area (TPSA) is 65.7 Å². The lowest BCUT2D eigenvalue weighted by Gasteiger charge is -2.40. The normalized spacial score (nSPS) is 20.5. The number of alkyl halides is 3. The van der Waals surface area contributed by atoms with Crippen LogP contribution in [0.5, 0.6) is 11.5 Å². The average Bonchev–Trinajstić information content (AvgIpc) is 2.79. The van der Waals surface area contributed by atoms with Crippen molar-refractivity contribution in [2.24, 2.45) is 4.40 Å². The molecular formula is C24H24F3N3O2S. The van der Waals surface area contributed by atoms with Crippen molar-refractivity contribution in [3.05, 3.63) is 59.2 Å². The molecule has 2 aliphatic heterocycles. The standard InChI is InChI=1S/C24H24F3N3O2S/c25-24(26,27)22-15-21(12-9-18(22)16-28)32-20-10-7-17(8-11-20)3-1-4-19-5-2-6-23-29-33(31)14-13-30(19)23/h7-12,15,19H,1-6,13-14H2. The van der Waals surface area contributed by atoms with Crippen LogP contribution in [0.15, 0.2) is 46.9 Å². The number of nitrogens with zero attached hydrogens (tertiary/aromatic N) is 3. The van der Waals surface area contributed by atoms with Crippen LogP contribution >= 0.6 is 0 Å². The molecule has 1 saturated heterocycles. The van der Waals surface area contributed by atoms with Gasteiger partial charge in [0, 0.05) is 19.0 Å². The SMILES string of the molecule is N#Cc1ccc(Oc2ccc(CCCC3CCCC4=NS(=O)CCN43)cc2)cc1C(F)(F)F. The molecule has 2 aromatic rings. The molecule has 2 heterocycles. The summed E-state index contributed by atoms with van der Waals surface area (Å²) in [5, 5.41) is 8.90. The molecule has 2 atom stereocenters. The van der Waals surface area contributed by atoms with Gasteiger partial charge in [0.15, 0.2) is 0 Å². The van der Waals surface area contributed by atoms with Crippen molar-refractivity contribution in [1.29, 1.82) is 5.26 Å². The molecule has 174 valence electrons. The third kappa shape index (κ3) is 5.74. The Morgan fingerprint density at radius 2 is 1.94 bits per heavy atom. The van der Waals surface area contributed by atoms with Crippen molar-refractivity contribution in [3.63, 3.8) is 0 Å². The summed E-state index contributed by atoms with van der Waals surface area (Å²) < 4.78 is 61.0. The summed E-state index contributed by atoms with van der Waals surface area (Å²) in [6.07, 6.45) is 1.42. The van der Waals surface area contributed by atoms with Crippen LogP contribution in [0.1, 0.15) is 48.8 Å². The summed E-state index contributed by atoms with van der Waals surface area (Å²) in [5.74, 6) is 2.07. The molecule has 0 radical (unpaired) electrons. The van der Waals surface area contributed by atoms with E-state index in [1.54, 1.807) is 18.2 Å². The van der Waals surface area contributed by atoms with Crippen LogP contribution in [0, 0.1) is 11.3 Å². The van der Waals surface area contributed by atoms with Crippen LogP contribution < -0.4 is 4.74 Å². The number of nitriles is 1. The van der Waals surface area contributed by atoms with Gasteiger partial charge in [-0.3, -0.25) is 0 Å². The molecular weight excluding hydrogens is 451 g/mol. The Morgan fingerprint density at radius 3 is 2.67 bits per heavy atom. The van der Waals surface area contributed by atoms with Crippen LogP contribution in [-0.4, -0.2) is 33.3 Å². The Kier molecular flexibility index (Phi) is 7.03. The van der Waals surface area contributed by atoms with Gasteiger partial charge in [-0.1, -0.05) is 12.1 Å². The molecule has 5 nitrogen and oxygen atoms in total. The number of rotatable bonds is 6. The minimum absolute atomic E-state index is 0.0336. The van der Waals surface area contributed by atoms with Crippen LogP contribution in [0.2, 0.25) is 0 Å². The van der Waals surface area contributed by atoms with Gasteiger partial charge in [-0.25, -0.2) is 4.21 Å². The molecule has 0 aromatic heterocycles. The van der Waals surface area contributed by atoms with Gasteiger partial charge in [-0.15, -0.1) is 0 Å². The smallest absolute Gasteiger partial charge is 0.417 e. The highest BCUT2D eigenvalue weighted by atomic mass is 32.2. The lowest BCUT2D eigenvalue weighted by Crippen LogP contribution is -2.47. The van der Waals surface area contributed by atoms with Crippen molar-refractivity contribution in [1.82, 2.24) is 4.90 Å². The van der Waals surface area contributed by atoms with Crippen LogP contribution in [-0.2, 0) is 23.6 Å². The van der Waals surface area contributed by atoms with Crippen molar-refractivity contribution in [2.45, 2.75) is 50.7 Å². The minimum atomic E-state index is -4.62. The Morgan fingerprint density at radius 1 is 1.18 bits per heavy atom. The molecule has 0 amide bonds. The van der Waals surface area contributed by atoms with Gasteiger partial charge in [0.25, 0.3) is 0 Å². The van der Waals surface area contributed by atoms with Gasteiger partial charge >= 0.3 is 6.18 Å². The summed E-state index contributed by atoms with van der Waals surface area (Å²) in [7, 11) is -1.07. The van der Waals surface area contributed by atoms with E-state index in [0.29, 0.717) is 17.5 Å². The van der Waals surface area contributed by atoms with Crippen molar-refractivity contribution < 1.29 is 22.1 Å². The fourth-order valence-corrected chi connectivity index (χ4v) is 5.25. The highest BCUT2D eigenvalue weighted by Gasteiger charge is 2.34. The minimum Gasteiger partial charge on any atom is -0.457 e. The predicted octanol–water partition coefficient (Wildman–Crippen LogP) is 5.62. The molecule has 0 aliphatic carbocycles. The van der Waals surface area contributed by atoms with Gasteiger partial charge in [-0.05, 0) is 68.0 Å². The second-order valence-electron chi connectivity index (χ2n) is 8.23. The summed E-state index contributed by atoms with van der Waals surface area (Å²) in [6.45, 7) is 0.813. The van der Waals surface area contributed by atoms with Gasteiger partial charge < -0.3 is 9.64 Å². The molecule has 2 aromatic carbocycles. The van der Waals surface area contributed by atoms with E-state index in [1.165, 1.54) is 6.07 Å². The molecule has 0 spiro atoms. The lowest BCUT2D eigenvalue weighted by molar-refractivity contribution is -0.137. The first-order chi connectivity index (χ1) is 15.8. The fourth-order valence-electron chi connectivity index (χ4n) is 4.38. The molecule has 2 aliphatic rings. The van der Waals surface area contributed by atoms with Gasteiger partial charge in [0.2, 0.25) is 0 Å². The Balaban J connectivity index is 1.32. The van der Waals surface area contributed by atoms with Gasteiger partial charge in [0.05, 0.1) is 22.9 Å². The highest BCUT2D eigenvalue weighted by molar-refractivity contribution is 7.83. The number of hydrogen-bond acceptors (Lipinski definition) is 4. The number of ether oxygens (including phenoxy) is 1. The first-order valence-electron chi connectivity index (χ1n) is 10.9. The van der Waals surface area contributed by atoms with Crippen LogP contribution in [0.3, 0.4) is 0 Å². The number of piperidine rings is 1. The van der Waals surface area contributed by atoms with Crippen LogP contribution in [0.4, 0.5) is 13.2 Å². The number of amidine groups is 1. The van der Waals surface area contributed by atoms with E-state index in [2.05, 4.69) is 9.30 Å². The molecule has 0 N–H and O–H groups in total. The summed E-state index contributed by atoms with van der Waals surface area (Å²) in [6, 6.07) is 12.7. The van der Waals surface area contributed by atoms with Gasteiger partial charge in [0.1, 0.15) is 28.3 Å². The summed E-state index contributed by atoms with van der Waals surface area (Å²) >= 11 is 0. The monoisotopic (exact) mass is 475 g/mol. The van der Waals surface area contributed by atoms with E-state index >= 15 is 0 Å². The molecule has 0 saturated carbocycles. The second kappa shape index (κ2) is 9.96. The lowest BCUT2D eigenvalue weighted by atomic mass is 9.95. The fraction of sp³-hybridized carbons (Fsp3) is 0.417. The maximum absolute atomic E-state index is 13.1. The van der Waals surface area contributed by atoms with E-state index in [0.717, 1.165) is 68.6 Å². The molecule has 4 rings (SSSR count). The van der Waals surface area contributed by atoms with E-state index in [-0.39, 0.29) is 5.75 Å². The number of fused-ring (bicyclic) bond motifs is 1. The number of hydrogen-bond donors (Lipinski definition) is 0. The number of halogens is 3. The first-order valence-corrected chi connectivity index (χ1v) is 12.2.